The van der Waals surface area contributed by atoms with Gasteiger partial charge in [-0.05, 0) is 93.0 Å². The molecule has 8 aromatic carbocycles. The molecule has 0 aliphatic rings. The fourth-order valence-corrected chi connectivity index (χ4v) is 7.84. The number of anilines is 3. The van der Waals surface area contributed by atoms with E-state index in [0.29, 0.717) is 0 Å². The molecule has 0 aliphatic carbocycles. The molecule has 0 saturated carbocycles. The molecule has 0 bridgehead atoms. The van der Waals surface area contributed by atoms with Crippen LogP contribution in [0.25, 0.3) is 64.0 Å². The van der Waals surface area contributed by atoms with E-state index in [9.17, 15) is 0 Å². The van der Waals surface area contributed by atoms with Gasteiger partial charge < -0.3 is 4.90 Å². The van der Waals surface area contributed by atoms with Crippen LogP contribution < -0.4 is 4.90 Å². The molecule has 0 radical (unpaired) electrons. The smallest absolute Gasteiger partial charge is 0.0540 e. The molecule has 0 fully saturated rings. The van der Waals surface area contributed by atoms with E-state index in [4.69, 9.17) is 0 Å². The lowest BCUT2D eigenvalue weighted by Crippen LogP contribution is -2.10. The van der Waals surface area contributed by atoms with Crippen molar-refractivity contribution in [3.8, 4) is 22.3 Å². The highest BCUT2D eigenvalue weighted by Gasteiger charge is 2.17. The van der Waals surface area contributed by atoms with Gasteiger partial charge >= 0.3 is 0 Å². The van der Waals surface area contributed by atoms with Gasteiger partial charge in [0.15, 0.2) is 0 Å². The van der Waals surface area contributed by atoms with Gasteiger partial charge in [0.1, 0.15) is 0 Å². The van der Waals surface area contributed by atoms with Gasteiger partial charge in [-0.25, -0.2) is 0 Å². The molecule has 216 valence electrons. The molecule has 0 aliphatic heterocycles. The zero-order valence-corrected chi connectivity index (χ0v) is 25.9. The summed E-state index contributed by atoms with van der Waals surface area (Å²) in [5.41, 5.74) is 8.28. The highest BCUT2D eigenvalue weighted by Crippen LogP contribution is 2.43. The van der Waals surface area contributed by atoms with E-state index in [1.54, 1.807) is 0 Å². The Morgan fingerprint density at radius 2 is 0.935 bits per heavy atom. The molecule has 0 unspecified atom stereocenters. The van der Waals surface area contributed by atoms with Crippen molar-refractivity contribution in [3.05, 3.63) is 176 Å². The number of rotatable bonds is 5. The Morgan fingerprint density at radius 1 is 0.326 bits per heavy atom. The normalized spacial score (nSPS) is 11.5. The molecular weight excluding hydrogens is 575 g/mol. The molecule has 0 spiro atoms. The number of thiophene rings is 1. The minimum absolute atomic E-state index is 1.12. The summed E-state index contributed by atoms with van der Waals surface area (Å²) in [6.07, 6.45) is 0. The van der Waals surface area contributed by atoms with E-state index in [0.717, 1.165) is 11.4 Å². The maximum Gasteiger partial charge on any atom is 0.0540 e. The number of fused-ring (bicyclic) bond motifs is 5. The van der Waals surface area contributed by atoms with Gasteiger partial charge in [-0.1, -0.05) is 121 Å². The molecule has 0 atom stereocenters. The van der Waals surface area contributed by atoms with Crippen molar-refractivity contribution in [2.45, 2.75) is 0 Å². The third-order valence-corrected chi connectivity index (χ3v) is 10.2. The predicted molar refractivity (Wildman–Crippen MR) is 200 cm³/mol. The summed E-state index contributed by atoms with van der Waals surface area (Å²) in [7, 11) is 0. The molecule has 0 amide bonds. The van der Waals surface area contributed by atoms with Crippen molar-refractivity contribution in [2.24, 2.45) is 0 Å². The van der Waals surface area contributed by atoms with E-state index >= 15 is 0 Å². The summed E-state index contributed by atoms with van der Waals surface area (Å²) in [4.78, 5) is 2.40. The van der Waals surface area contributed by atoms with Gasteiger partial charge in [0, 0.05) is 36.9 Å². The lowest BCUT2D eigenvalue weighted by Gasteiger charge is -2.27. The van der Waals surface area contributed by atoms with Crippen LogP contribution in [0, 0.1) is 0 Å². The minimum atomic E-state index is 1.12. The fraction of sp³-hybridized carbons (Fsp3) is 0. The average Bonchev–Trinajstić information content (AvgIpc) is 3.49. The van der Waals surface area contributed by atoms with Crippen LogP contribution in [-0.2, 0) is 0 Å². The van der Waals surface area contributed by atoms with Crippen LogP contribution >= 0.6 is 11.3 Å². The second kappa shape index (κ2) is 11.0. The largest absolute Gasteiger partial charge is 0.310 e. The summed E-state index contributed by atoms with van der Waals surface area (Å²) < 4.78 is 2.65. The summed E-state index contributed by atoms with van der Waals surface area (Å²) >= 11 is 1.87. The van der Waals surface area contributed by atoms with Gasteiger partial charge in [0.25, 0.3) is 0 Å². The van der Waals surface area contributed by atoms with Gasteiger partial charge in [-0.2, -0.15) is 0 Å². The lowest BCUT2D eigenvalue weighted by atomic mass is 10.00. The molecule has 1 nitrogen and oxygen atoms in total. The third-order valence-electron chi connectivity index (χ3n) is 9.04. The predicted octanol–water partition coefficient (Wildman–Crippen LogP) is 13.2. The standard InChI is InChI=1S/C44H29NS/c1-2-9-30(10-3-1)32-19-23-37(24-20-32)45(38-25-21-33(22-26-38)35-18-17-31-11-4-5-12-34(31)27-35)42-15-8-13-36-28-44-41(29-40(36)42)39-14-6-7-16-43(39)46-44/h1-29H. The van der Waals surface area contributed by atoms with Crippen LogP contribution in [-0.4, -0.2) is 0 Å². The van der Waals surface area contributed by atoms with Crippen LogP contribution in [0.4, 0.5) is 17.1 Å². The summed E-state index contributed by atoms with van der Waals surface area (Å²) in [6, 6.07) is 64.0. The topological polar surface area (TPSA) is 3.24 Å². The Bertz CT molecular complexity index is 2510. The van der Waals surface area contributed by atoms with Crippen molar-refractivity contribution in [1.82, 2.24) is 0 Å². The van der Waals surface area contributed by atoms with Crippen LogP contribution in [0.2, 0.25) is 0 Å². The van der Waals surface area contributed by atoms with Gasteiger partial charge in [0.2, 0.25) is 0 Å². The Kier molecular flexibility index (Phi) is 6.40. The van der Waals surface area contributed by atoms with Crippen molar-refractivity contribution < 1.29 is 0 Å². The second-order valence-corrected chi connectivity index (χ2v) is 12.9. The van der Waals surface area contributed by atoms with Crippen molar-refractivity contribution in [2.75, 3.05) is 4.90 Å². The van der Waals surface area contributed by atoms with Crippen LogP contribution in [0.1, 0.15) is 0 Å². The van der Waals surface area contributed by atoms with Crippen molar-refractivity contribution in [3.63, 3.8) is 0 Å². The highest BCUT2D eigenvalue weighted by molar-refractivity contribution is 7.25. The first-order valence-corrected chi connectivity index (χ1v) is 16.5. The number of benzene rings is 8. The summed E-state index contributed by atoms with van der Waals surface area (Å²) in [5, 5.41) is 7.63. The third kappa shape index (κ3) is 4.63. The fourth-order valence-electron chi connectivity index (χ4n) is 6.71. The SMILES string of the molecule is c1ccc(-c2ccc(N(c3ccc(-c4ccc5ccccc5c4)cc3)c3cccc4cc5sc6ccccc6c5cc34)cc2)cc1. The molecule has 2 heteroatoms. The zero-order chi connectivity index (χ0) is 30.5. The Hall–Kier alpha value is -5.70. The first kappa shape index (κ1) is 26.7. The van der Waals surface area contributed by atoms with Crippen LogP contribution in [0.3, 0.4) is 0 Å². The van der Waals surface area contributed by atoms with Gasteiger partial charge in [-0.15, -0.1) is 11.3 Å². The first-order chi connectivity index (χ1) is 22.8. The second-order valence-electron chi connectivity index (χ2n) is 11.8. The minimum Gasteiger partial charge on any atom is -0.310 e. The monoisotopic (exact) mass is 603 g/mol. The highest BCUT2D eigenvalue weighted by atomic mass is 32.1. The van der Waals surface area contributed by atoms with Crippen molar-refractivity contribution >= 4 is 70.1 Å². The van der Waals surface area contributed by atoms with E-state index in [1.807, 2.05) is 11.3 Å². The van der Waals surface area contributed by atoms with Crippen LogP contribution in [0.15, 0.2) is 176 Å². The van der Waals surface area contributed by atoms with E-state index < -0.39 is 0 Å². The maximum atomic E-state index is 2.40. The molecule has 0 N–H and O–H groups in total. The molecule has 9 rings (SSSR count). The Labute approximate surface area is 272 Å². The molecule has 0 saturated heterocycles. The molecule has 46 heavy (non-hydrogen) atoms. The number of nitrogens with zero attached hydrogens (tertiary/aromatic N) is 1. The van der Waals surface area contributed by atoms with Crippen LogP contribution in [0.5, 0.6) is 0 Å². The zero-order valence-electron chi connectivity index (χ0n) is 25.1. The lowest BCUT2D eigenvalue weighted by molar-refractivity contribution is 1.30. The Balaban J connectivity index is 1.20. The molecule has 9 aromatic rings. The summed E-state index contributed by atoms with van der Waals surface area (Å²) in [6.45, 7) is 0. The molecule has 1 aromatic heterocycles. The summed E-state index contributed by atoms with van der Waals surface area (Å²) in [5.74, 6) is 0. The van der Waals surface area contributed by atoms with Crippen molar-refractivity contribution in [1.29, 1.82) is 0 Å². The first-order valence-electron chi connectivity index (χ1n) is 15.7. The average molecular weight is 604 g/mol. The van der Waals surface area contributed by atoms with E-state index in [1.165, 1.54) is 69.7 Å². The van der Waals surface area contributed by atoms with E-state index in [-0.39, 0.29) is 0 Å². The molecular formula is C44H29NS. The molecule has 1 heterocycles. The quantitative estimate of drug-likeness (QED) is 0.189. The number of hydrogen-bond acceptors (Lipinski definition) is 2. The maximum absolute atomic E-state index is 2.40. The van der Waals surface area contributed by atoms with Gasteiger partial charge in [0.05, 0.1) is 5.69 Å². The Morgan fingerprint density at radius 3 is 1.72 bits per heavy atom. The number of hydrogen-bond donors (Lipinski definition) is 0. The van der Waals surface area contributed by atoms with E-state index in [2.05, 4.69) is 181 Å². The van der Waals surface area contributed by atoms with Gasteiger partial charge in [-0.3, -0.25) is 0 Å².